The molecule has 13 heteroatoms. The summed E-state index contributed by atoms with van der Waals surface area (Å²) in [7, 11) is 0. The summed E-state index contributed by atoms with van der Waals surface area (Å²) in [5.74, 6) is 0.797. The van der Waals surface area contributed by atoms with E-state index in [2.05, 4.69) is 16.0 Å². The largest absolute Gasteiger partial charge is 0.372 e. The van der Waals surface area contributed by atoms with Gasteiger partial charge in [-0.2, -0.15) is 0 Å². The van der Waals surface area contributed by atoms with Crippen molar-refractivity contribution in [1.29, 1.82) is 10.8 Å². The molecule has 0 aromatic rings. The quantitative estimate of drug-likeness (QED) is 0.166. The van der Waals surface area contributed by atoms with Crippen LogP contribution in [0.15, 0.2) is 0 Å². The number of rotatable bonds is 9. The molecule has 26 heavy (non-hydrogen) atoms. The van der Waals surface area contributed by atoms with Crippen LogP contribution in [-0.2, 0) is 0 Å². The van der Waals surface area contributed by atoms with Gasteiger partial charge >= 0.3 is 0 Å². The van der Waals surface area contributed by atoms with E-state index >= 15 is 0 Å². The molecular formula is C13H32Cl5FN6S. The van der Waals surface area contributed by atoms with E-state index in [1.807, 2.05) is 0 Å². The van der Waals surface area contributed by atoms with Gasteiger partial charge in [0.1, 0.15) is 12.5 Å². The van der Waals surface area contributed by atoms with E-state index in [-0.39, 0.29) is 73.9 Å². The van der Waals surface area contributed by atoms with Gasteiger partial charge in [0.15, 0.2) is 0 Å². The summed E-state index contributed by atoms with van der Waals surface area (Å²) in [6.45, 7) is 2.78. The lowest BCUT2D eigenvalue weighted by atomic mass is 10.1. The van der Waals surface area contributed by atoms with Crippen LogP contribution in [0.1, 0.15) is 19.3 Å². The first-order valence-corrected chi connectivity index (χ1v) is 8.40. The van der Waals surface area contributed by atoms with Crippen LogP contribution in [0.2, 0.25) is 0 Å². The number of hydrogen-bond acceptors (Lipinski definition) is 6. The Balaban J connectivity index is -0.000000294. The molecule has 2 atom stereocenters. The minimum Gasteiger partial charge on any atom is -0.372 e. The topological polar surface area (TPSA) is 110 Å². The van der Waals surface area contributed by atoms with Crippen LogP contribution in [0.3, 0.4) is 0 Å². The van der Waals surface area contributed by atoms with Crippen molar-refractivity contribution in [2.45, 2.75) is 31.3 Å². The lowest BCUT2D eigenvalue weighted by Gasteiger charge is -2.24. The predicted octanol–water partition coefficient (Wildman–Crippen LogP) is 2.40. The summed E-state index contributed by atoms with van der Waals surface area (Å²) in [5, 5.41) is 25.1. The van der Waals surface area contributed by atoms with E-state index in [1.54, 1.807) is 0 Å². The Labute approximate surface area is 191 Å². The Morgan fingerprint density at radius 2 is 1.81 bits per heavy atom. The third-order valence-corrected chi connectivity index (χ3v) is 4.50. The molecule has 0 saturated carbocycles. The molecule has 0 bridgehead atoms. The number of nitrogens with one attached hydrogen (secondary N) is 5. The van der Waals surface area contributed by atoms with E-state index in [9.17, 15) is 4.39 Å². The molecule has 6 nitrogen and oxygen atoms in total. The van der Waals surface area contributed by atoms with Crippen molar-refractivity contribution in [2.75, 3.05) is 38.6 Å². The van der Waals surface area contributed by atoms with Gasteiger partial charge in [0.05, 0.1) is 11.1 Å². The van der Waals surface area contributed by atoms with Crippen molar-refractivity contribution in [2.24, 2.45) is 5.73 Å². The first kappa shape index (κ1) is 37.5. The van der Waals surface area contributed by atoms with Crippen LogP contribution < -0.4 is 21.7 Å². The third-order valence-electron chi connectivity index (χ3n) is 3.32. The average Bonchev–Trinajstić information content (AvgIpc) is 2.52. The maximum atomic E-state index is 12.0. The number of piperazine rings is 1. The molecule has 0 aliphatic carbocycles. The highest BCUT2D eigenvalue weighted by atomic mass is 35.5. The smallest absolute Gasteiger partial charge is 0.146 e. The van der Waals surface area contributed by atoms with Crippen LogP contribution in [0, 0.1) is 10.8 Å². The van der Waals surface area contributed by atoms with E-state index in [0.29, 0.717) is 17.6 Å². The summed E-state index contributed by atoms with van der Waals surface area (Å²) in [4.78, 5) is 0. The van der Waals surface area contributed by atoms with Crippen molar-refractivity contribution in [3.63, 3.8) is 0 Å². The van der Waals surface area contributed by atoms with Crippen LogP contribution in [0.25, 0.3) is 0 Å². The molecular weight excluding hydrogens is 469 g/mol. The molecule has 0 radical (unpaired) electrons. The minimum atomic E-state index is -0.745. The molecule has 1 aliphatic heterocycles. The van der Waals surface area contributed by atoms with Crippen molar-refractivity contribution in [1.82, 2.24) is 16.0 Å². The highest BCUT2D eigenvalue weighted by Crippen LogP contribution is 2.11. The van der Waals surface area contributed by atoms with E-state index in [0.717, 1.165) is 44.6 Å². The molecule has 0 aromatic carbocycles. The average molecular weight is 501 g/mol. The first-order valence-electron chi connectivity index (χ1n) is 7.41. The second-order valence-corrected chi connectivity index (χ2v) is 6.23. The number of amidine groups is 1. The molecule has 1 saturated heterocycles. The molecule has 0 spiro atoms. The zero-order chi connectivity index (χ0) is 15.5. The summed E-state index contributed by atoms with van der Waals surface area (Å²) in [6.07, 6.45) is 2.47. The van der Waals surface area contributed by atoms with Crippen molar-refractivity contribution in [3.8, 4) is 0 Å². The van der Waals surface area contributed by atoms with Gasteiger partial charge in [-0.3, -0.25) is 10.8 Å². The molecule has 1 fully saturated rings. The molecule has 0 aromatic heterocycles. The van der Waals surface area contributed by atoms with Gasteiger partial charge in [-0.15, -0.1) is 73.8 Å². The number of alkyl halides is 1. The van der Waals surface area contributed by atoms with Gasteiger partial charge in [-0.1, -0.05) is 0 Å². The lowest BCUT2D eigenvalue weighted by Crippen LogP contribution is -2.49. The third kappa shape index (κ3) is 18.1. The van der Waals surface area contributed by atoms with Crippen LogP contribution in [-0.4, -0.2) is 61.6 Å². The fourth-order valence-electron chi connectivity index (χ4n) is 2.04. The van der Waals surface area contributed by atoms with Crippen LogP contribution in [0.5, 0.6) is 0 Å². The highest BCUT2D eigenvalue weighted by molar-refractivity contribution is 8.14. The summed E-state index contributed by atoms with van der Waals surface area (Å²) in [5.41, 5.74) is 6.00. The second kappa shape index (κ2) is 23.8. The molecule has 1 rings (SSSR count). The number of unbranched alkanes of at least 4 members (excludes halogenated alkanes) is 1. The van der Waals surface area contributed by atoms with Gasteiger partial charge in [0.25, 0.3) is 0 Å². The highest BCUT2D eigenvalue weighted by Gasteiger charge is 2.15. The Kier molecular flexibility index (Phi) is 34.3. The van der Waals surface area contributed by atoms with Gasteiger partial charge < -0.3 is 21.7 Å². The molecule has 0 amide bonds. The second-order valence-electron chi connectivity index (χ2n) is 5.17. The first-order chi connectivity index (χ1) is 10.1. The number of hydrogen-bond donors (Lipinski definition) is 6. The van der Waals surface area contributed by atoms with Crippen molar-refractivity contribution < 1.29 is 4.39 Å². The zero-order valence-corrected chi connectivity index (χ0v) is 19.3. The summed E-state index contributed by atoms with van der Waals surface area (Å²) < 4.78 is 12.0. The maximum absolute atomic E-state index is 12.0. The maximum Gasteiger partial charge on any atom is 0.146 e. The molecule has 162 valence electrons. The summed E-state index contributed by atoms with van der Waals surface area (Å²) in [6, 6.07) is 0.194. The van der Waals surface area contributed by atoms with Crippen LogP contribution in [0.4, 0.5) is 4.39 Å². The normalized spacial score (nSPS) is 16.2. The molecule has 7 N–H and O–H groups in total. The van der Waals surface area contributed by atoms with Gasteiger partial charge in [-0.25, -0.2) is 4.39 Å². The number of halogens is 6. The lowest BCUT2D eigenvalue weighted by molar-refractivity contribution is 0.447. The van der Waals surface area contributed by atoms with E-state index < -0.39 is 6.67 Å². The van der Waals surface area contributed by atoms with Crippen molar-refractivity contribution in [3.05, 3.63) is 0 Å². The number of thioether (sulfide) groups is 1. The van der Waals surface area contributed by atoms with Crippen LogP contribution >= 0.6 is 73.8 Å². The fourth-order valence-corrected chi connectivity index (χ4v) is 2.98. The Morgan fingerprint density at radius 1 is 1.15 bits per heavy atom. The predicted molar refractivity (Wildman–Crippen MR) is 125 cm³/mol. The summed E-state index contributed by atoms with van der Waals surface area (Å²) >= 11 is 1.52. The standard InChI is InChI=1S/C13H27FN6S.5ClH/c14-7-12(16)20-4-2-1-3-11(15)13(17)21-9-10-8-18-5-6-19-10;;;;;/h10-11,17-19H,1-9,15H2,(H2,16,20);5*1H. The van der Waals surface area contributed by atoms with E-state index in [4.69, 9.17) is 16.6 Å². The number of nitrogens with two attached hydrogens (primary N) is 1. The van der Waals surface area contributed by atoms with Gasteiger partial charge in [-0.05, 0) is 19.3 Å². The Morgan fingerprint density at radius 3 is 2.35 bits per heavy atom. The van der Waals surface area contributed by atoms with Gasteiger partial charge in [0, 0.05) is 38.0 Å². The fraction of sp³-hybridized carbons (Fsp3) is 0.846. The molecule has 1 heterocycles. The minimum absolute atomic E-state index is 0. The Hall–Kier alpha value is 0.750. The van der Waals surface area contributed by atoms with Gasteiger partial charge in [0.2, 0.25) is 0 Å². The monoisotopic (exact) mass is 498 g/mol. The molecule has 2 unspecified atom stereocenters. The zero-order valence-electron chi connectivity index (χ0n) is 14.4. The van der Waals surface area contributed by atoms with E-state index in [1.165, 1.54) is 11.8 Å². The molecule has 1 aliphatic rings. The SMILES string of the molecule is Cl.Cl.Cl.Cl.Cl.N=C(CF)NCCCCC(N)C(=N)SCC1CNCCN1. The Bertz CT molecular complexity index is 340. The van der Waals surface area contributed by atoms with Crippen molar-refractivity contribution >= 4 is 84.7 Å².